The first-order chi connectivity index (χ1) is 18.5. The van der Waals surface area contributed by atoms with Crippen LogP contribution in [0.1, 0.15) is 135 Å². The Kier molecular flexibility index (Phi) is 20.9. The normalized spacial score (nSPS) is 10.8. The molecule has 0 aliphatic carbocycles. The first kappa shape index (κ1) is 33.6. The number of nitrogens with one attached hydrogen (secondary N) is 3. The van der Waals surface area contributed by atoms with Gasteiger partial charge in [0.15, 0.2) is 5.75 Å². The number of hydroxylamine groups is 1. The number of aromatic hydroxyl groups is 1. The molecule has 0 aliphatic heterocycles. The van der Waals surface area contributed by atoms with Gasteiger partial charge in [-0.15, -0.1) is 0 Å². The van der Waals surface area contributed by atoms with Crippen LogP contribution >= 0.6 is 0 Å². The highest BCUT2D eigenvalue weighted by Gasteiger charge is 2.07. The van der Waals surface area contributed by atoms with Crippen molar-refractivity contribution in [1.29, 1.82) is 0 Å². The van der Waals surface area contributed by atoms with Gasteiger partial charge in [0.05, 0.1) is 0 Å². The Labute approximate surface area is 231 Å². The van der Waals surface area contributed by atoms with Crippen LogP contribution in [0, 0.1) is 0 Å². The molecule has 0 atom stereocenters. The molecule has 0 radical (unpaired) electrons. The van der Waals surface area contributed by atoms with E-state index in [4.69, 9.17) is 4.84 Å². The first-order valence-corrected chi connectivity index (χ1v) is 15.3. The molecule has 1 aromatic rings. The molecule has 1 aromatic carbocycles. The van der Waals surface area contributed by atoms with Crippen molar-refractivity contribution in [3.05, 3.63) is 23.8 Å². The van der Waals surface area contributed by atoms with Gasteiger partial charge in [-0.05, 0) is 43.9 Å². The van der Waals surface area contributed by atoms with E-state index < -0.39 is 0 Å². The van der Waals surface area contributed by atoms with E-state index in [1.807, 2.05) is 0 Å². The number of unbranched alkanes of at least 4 members (excludes halogenated alkanes) is 16. The monoisotopic (exact) mass is 533 g/mol. The van der Waals surface area contributed by atoms with Crippen molar-refractivity contribution < 1.29 is 19.5 Å². The van der Waals surface area contributed by atoms with Gasteiger partial charge >= 0.3 is 6.03 Å². The number of urea groups is 1. The van der Waals surface area contributed by atoms with Crippen molar-refractivity contribution >= 4 is 11.9 Å². The van der Waals surface area contributed by atoms with Crippen LogP contribution in [0.3, 0.4) is 0 Å². The summed E-state index contributed by atoms with van der Waals surface area (Å²) in [6.45, 7) is 4.96. The fraction of sp³-hybridized carbons (Fsp3) is 0.742. The predicted molar refractivity (Wildman–Crippen MR) is 156 cm³/mol. The van der Waals surface area contributed by atoms with Crippen LogP contribution in [0.4, 0.5) is 4.79 Å². The Balaban J connectivity index is 1.90. The molecule has 7 heteroatoms. The van der Waals surface area contributed by atoms with Crippen molar-refractivity contribution in [2.45, 2.75) is 136 Å². The predicted octanol–water partition coefficient (Wildman–Crippen LogP) is 7.71. The zero-order chi connectivity index (χ0) is 27.7. The molecular formula is C31H55N3O4. The summed E-state index contributed by atoms with van der Waals surface area (Å²) in [4.78, 5) is 28.3. The highest BCUT2D eigenvalue weighted by molar-refractivity contribution is 5.73. The zero-order valence-corrected chi connectivity index (χ0v) is 24.3. The molecule has 218 valence electrons. The molecule has 7 nitrogen and oxygen atoms in total. The number of hydrogen-bond acceptors (Lipinski definition) is 4. The van der Waals surface area contributed by atoms with Gasteiger partial charge in [0.2, 0.25) is 5.91 Å². The highest BCUT2D eigenvalue weighted by atomic mass is 16.7. The lowest BCUT2D eigenvalue weighted by Gasteiger charge is -2.11. The van der Waals surface area contributed by atoms with E-state index in [0.717, 1.165) is 31.4 Å². The fourth-order valence-corrected chi connectivity index (χ4v) is 4.57. The number of amides is 3. The minimum absolute atomic E-state index is 0.113. The van der Waals surface area contributed by atoms with Gasteiger partial charge in [0.25, 0.3) is 0 Å². The van der Waals surface area contributed by atoms with Crippen LogP contribution in [-0.4, -0.2) is 30.1 Å². The van der Waals surface area contributed by atoms with Crippen LogP contribution in [-0.2, 0) is 11.2 Å². The standard InChI is InChI=1S/C31H55N3O4/c1-3-4-5-6-7-8-9-10-11-12-13-14-15-16-17-19-24-32-31(37)33-25-20-18-21-28-26-29(36)22-23-30(28)38-34-27(2)35/h22-23,26,36H,3-21,24-25H2,1-2H3,(H,34,35)(H2,32,33,37). The molecule has 0 saturated heterocycles. The molecule has 0 aliphatic rings. The topological polar surface area (TPSA) is 99.7 Å². The molecule has 0 saturated carbocycles. The number of hydrogen-bond donors (Lipinski definition) is 4. The Morgan fingerprint density at radius 2 is 1.18 bits per heavy atom. The molecule has 1 rings (SSSR count). The van der Waals surface area contributed by atoms with E-state index in [9.17, 15) is 14.7 Å². The van der Waals surface area contributed by atoms with Crippen molar-refractivity contribution in [3.8, 4) is 11.5 Å². The zero-order valence-electron chi connectivity index (χ0n) is 24.3. The number of phenols is 1. The second-order valence-corrected chi connectivity index (χ2v) is 10.5. The van der Waals surface area contributed by atoms with E-state index in [-0.39, 0.29) is 17.7 Å². The molecule has 0 bridgehead atoms. The second-order valence-electron chi connectivity index (χ2n) is 10.5. The Morgan fingerprint density at radius 3 is 1.68 bits per heavy atom. The van der Waals surface area contributed by atoms with Gasteiger partial charge in [0, 0.05) is 25.6 Å². The van der Waals surface area contributed by atoms with Gasteiger partial charge in [-0.3, -0.25) is 4.79 Å². The summed E-state index contributed by atoms with van der Waals surface area (Å²) in [6, 6.07) is 4.67. The molecule has 4 N–H and O–H groups in total. The smallest absolute Gasteiger partial charge is 0.314 e. The molecule has 0 heterocycles. The van der Waals surface area contributed by atoms with Crippen molar-refractivity contribution in [1.82, 2.24) is 16.1 Å². The van der Waals surface area contributed by atoms with E-state index in [1.165, 1.54) is 109 Å². The number of rotatable bonds is 24. The van der Waals surface area contributed by atoms with Crippen molar-refractivity contribution in [2.75, 3.05) is 13.1 Å². The third-order valence-electron chi connectivity index (χ3n) is 6.82. The number of phenolic OH excluding ortho intramolecular Hbond substituents is 1. The molecule has 0 fully saturated rings. The summed E-state index contributed by atoms with van der Waals surface area (Å²) in [6.07, 6.45) is 23.8. The van der Waals surface area contributed by atoms with Crippen LogP contribution < -0.4 is 21.0 Å². The number of benzene rings is 1. The van der Waals surface area contributed by atoms with Crippen LogP contribution in [0.25, 0.3) is 0 Å². The van der Waals surface area contributed by atoms with E-state index in [2.05, 4.69) is 23.0 Å². The minimum atomic E-state index is -0.293. The molecular weight excluding hydrogens is 478 g/mol. The first-order valence-electron chi connectivity index (χ1n) is 15.3. The van der Waals surface area contributed by atoms with E-state index in [0.29, 0.717) is 18.7 Å². The van der Waals surface area contributed by atoms with Crippen LogP contribution in [0.2, 0.25) is 0 Å². The van der Waals surface area contributed by atoms with E-state index >= 15 is 0 Å². The molecule has 38 heavy (non-hydrogen) atoms. The molecule has 3 amide bonds. The molecule has 0 aromatic heterocycles. The van der Waals surface area contributed by atoms with Crippen LogP contribution in [0.15, 0.2) is 18.2 Å². The summed E-state index contributed by atoms with van der Waals surface area (Å²) in [5.41, 5.74) is 3.12. The lowest BCUT2D eigenvalue weighted by atomic mass is 10.0. The van der Waals surface area contributed by atoms with Crippen LogP contribution in [0.5, 0.6) is 11.5 Å². The largest absolute Gasteiger partial charge is 0.508 e. The maximum atomic E-state index is 12.0. The van der Waals surface area contributed by atoms with Gasteiger partial charge in [-0.1, -0.05) is 103 Å². The van der Waals surface area contributed by atoms with Crippen molar-refractivity contribution in [2.24, 2.45) is 0 Å². The molecule has 0 spiro atoms. The maximum Gasteiger partial charge on any atom is 0.314 e. The molecule has 0 unspecified atom stereocenters. The quantitative estimate of drug-likeness (QED) is 0.0808. The summed E-state index contributed by atoms with van der Waals surface area (Å²) >= 11 is 0. The number of aryl methyl sites for hydroxylation is 1. The van der Waals surface area contributed by atoms with Gasteiger partial charge in [-0.25, -0.2) is 4.79 Å². The summed E-state index contributed by atoms with van der Waals surface area (Å²) in [5, 5.41) is 15.6. The van der Waals surface area contributed by atoms with Gasteiger partial charge in [-0.2, -0.15) is 5.48 Å². The lowest BCUT2D eigenvalue weighted by molar-refractivity contribution is -0.125. The highest BCUT2D eigenvalue weighted by Crippen LogP contribution is 2.24. The van der Waals surface area contributed by atoms with Gasteiger partial charge in [0.1, 0.15) is 5.75 Å². The van der Waals surface area contributed by atoms with Crippen molar-refractivity contribution in [3.63, 3.8) is 0 Å². The average Bonchev–Trinajstić information content (AvgIpc) is 2.89. The Morgan fingerprint density at radius 1 is 0.711 bits per heavy atom. The Hall–Kier alpha value is -2.44. The third-order valence-corrected chi connectivity index (χ3v) is 6.82. The lowest BCUT2D eigenvalue weighted by Crippen LogP contribution is -2.36. The number of carbonyl (C=O) groups is 2. The summed E-state index contributed by atoms with van der Waals surface area (Å²) in [5.74, 6) is 0.378. The SMILES string of the molecule is CCCCCCCCCCCCCCCCCCNC(=O)NCCCCc1cc(O)ccc1ONC(C)=O. The fourth-order valence-electron chi connectivity index (χ4n) is 4.57. The average molecular weight is 534 g/mol. The second kappa shape index (κ2) is 23.7. The minimum Gasteiger partial charge on any atom is -0.508 e. The number of carbonyl (C=O) groups excluding carboxylic acids is 2. The van der Waals surface area contributed by atoms with E-state index in [1.54, 1.807) is 12.1 Å². The third kappa shape index (κ3) is 19.6. The maximum absolute atomic E-state index is 12.0. The summed E-state index contributed by atoms with van der Waals surface area (Å²) in [7, 11) is 0. The Bertz CT molecular complexity index is 742. The summed E-state index contributed by atoms with van der Waals surface area (Å²) < 4.78 is 0. The van der Waals surface area contributed by atoms with Gasteiger partial charge < -0.3 is 20.6 Å².